The molecule has 2 amide bonds. The summed E-state index contributed by atoms with van der Waals surface area (Å²) in [5.74, 6) is -0.179. The van der Waals surface area contributed by atoms with Crippen LogP contribution < -0.4 is 5.32 Å². The lowest BCUT2D eigenvalue weighted by Gasteiger charge is -2.42. The maximum atomic E-state index is 12.5. The lowest BCUT2D eigenvalue weighted by atomic mass is 9.94. The number of aryl methyl sites for hydroxylation is 1. The molecule has 1 atom stereocenters. The van der Waals surface area contributed by atoms with Crippen molar-refractivity contribution in [3.8, 4) is 0 Å². The van der Waals surface area contributed by atoms with Crippen molar-refractivity contribution >= 4 is 11.8 Å². The second-order valence-corrected chi connectivity index (χ2v) is 5.74. The van der Waals surface area contributed by atoms with E-state index in [1.165, 1.54) is 0 Å². The van der Waals surface area contributed by atoms with Gasteiger partial charge in [-0.3, -0.25) is 14.3 Å². The van der Waals surface area contributed by atoms with Crippen molar-refractivity contribution in [1.82, 2.24) is 25.2 Å². The summed E-state index contributed by atoms with van der Waals surface area (Å²) in [5, 5.41) is 10.7. The number of carbonyl (C=O) groups excluding carboxylic acids is 2. The Labute approximate surface area is 118 Å². The fraction of sp³-hybridized carbons (Fsp3) is 0.692. The molecule has 0 saturated carbocycles. The molecule has 1 aromatic heterocycles. The number of nitrogens with zero attached hydrogens (tertiary/aromatic N) is 4. The van der Waals surface area contributed by atoms with Crippen LogP contribution in [0.2, 0.25) is 0 Å². The number of amides is 2. The quantitative estimate of drug-likeness (QED) is 0.855. The van der Waals surface area contributed by atoms with Crippen molar-refractivity contribution in [2.75, 3.05) is 0 Å². The first kappa shape index (κ1) is 14.5. The van der Waals surface area contributed by atoms with E-state index in [0.29, 0.717) is 18.7 Å². The predicted molar refractivity (Wildman–Crippen MR) is 72.5 cm³/mol. The van der Waals surface area contributed by atoms with Crippen LogP contribution in [0, 0.1) is 0 Å². The molecule has 1 aliphatic rings. The molecular weight excluding hydrogens is 258 g/mol. The van der Waals surface area contributed by atoms with E-state index in [9.17, 15) is 9.59 Å². The van der Waals surface area contributed by atoms with Gasteiger partial charge >= 0.3 is 0 Å². The maximum absolute atomic E-state index is 12.5. The standard InChI is InChI=1S/C13H21N5O2/c1-5-6-10-11(19)14-13(2,3)12(20)18(10)8-9-7-17(4)16-15-9/h7,10H,5-6,8H2,1-4H3,(H,14,19). The van der Waals surface area contributed by atoms with Gasteiger partial charge in [-0.2, -0.15) is 0 Å². The molecule has 7 heteroatoms. The fourth-order valence-corrected chi connectivity index (χ4v) is 2.47. The lowest BCUT2D eigenvalue weighted by Crippen LogP contribution is -2.67. The monoisotopic (exact) mass is 279 g/mol. The SMILES string of the molecule is CCCC1C(=O)NC(C)(C)C(=O)N1Cc1cn(C)nn1. The van der Waals surface area contributed by atoms with Gasteiger partial charge in [0, 0.05) is 13.2 Å². The lowest BCUT2D eigenvalue weighted by molar-refractivity contribution is -0.154. The summed E-state index contributed by atoms with van der Waals surface area (Å²) >= 11 is 0. The Morgan fingerprint density at radius 2 is 2.10 bits per heavy atom. The van der Waals surface area contributed by atoms with Crippen molar-refractivity contribution < 1.29 is 9.59 Å². The van der Waals surface area contributed by atoms with Crippen LogP contribution in [0.5, 0.6) is 0 Å². The molecule has 0 bridgehead atoms. The van der Waals surface area contributed by atoms with Crippen LogP contribution in [0.3, 0.4) is 0 Å². The molecule has 1 unspecified atom stereocenters. The van der Waals surface area contributed by atoms with Gasteiger partial charge in [0.2, 0.25) is 11.8 Å². The summed E-state index contributed by atoms with van der Waals surface area (Å²) in [4.78, 5) is 26.4. The summed E-state index contributed by atoms with van der Waals surface area (Å²) in [6.07, 6.45) is 3.24. The number of rotatable bonds is 4. The molecule has 0 spiro atoms. The van der Waals surface area contributed by atoms with E-state index in [4.69, 9.17) is 0 Å². The number of hydrogen-bond acceptors (Lipinski definition) is 4. The zero-order valence-electron chi connectivity index (χ0n) is 12.4. The van der Waals surface area contributed by atoms with Crippen molar-refractivity contribution in [2.24, 2.45) is 7.05 Å². The van der Waals surface area contributed by atoms with Gasteiger partial charge in [-0.1, -0.05) is 18.6 Å². The third kappa shape index (κ3) is 2.66. The number of carbonyl (C=O) groups is 2. The Hall–Kier alpha value is -1.92. The largest absolute Gasteiger partial charge is 0.340 e. The van der Waals surface area contributed by atoms with E-state index in [-0.39, 0.29) is 11.8 Å². The van der Waals surface area contributed by atoms with Crippen molar-refractivity contribution in [2.45, 2.75) is 51.7 Å². The van der Waals surface area contributed by atoms with Crippen LogP contribution in [0.25, 0.3) is 0 Å². The zero-order chi connectivity index (χ0) is 14.9. The van der Waals surface area contributed by atoms with Crippen molar-refractivity contribution in [3.63, 3.8) is 0 Å². The van der Waals surface area contributed by atoms with Gasteiger partial charge in [0.05, 0.1) is 6.54 Å². The first-order valence-electron chi connectivity index (χ1n) is 6.83. The van der Waals surface area contributed by atoms with Gasteiger partial charge < -0.3 is 10.2 Å². The molecule has 1 aromatic rings. The van der Waals surface area contributed by atoms with Gasteiger partial charge in [-0.05, 0) is 20.3 Å². The number of nitrogens with one attached hydrogen (secondary N) is 1. The Bertz CT molecular complexity index is 523. The van der Waals surface area contributed by atoms with E-state index < -0.39 is 11.6 Å². The van der Waals surface area contributed by atoms with Crippen LogP contribution in [-0.2, 0) is 23.2 Å². The molecule has 1 fully saturated rings. The molecule has 2 rings (SSSR count). The molecule has 20 heavy (non-hydrogen) atoms. The van der Waals surface area contributed by atoms with E-state index in [0.717, 1.165) is 6.42 Å². The van der Waals surface area contributed by atoms with Gasteiger partial charge in [-0.15, -0.1) is 5.10 Å². The molecule has 0 radical (unpaired) electrons. The van der Waals surface area contributed by atoms with Gasteiger partial charge in [0.25, 0.3) is 0 Å². The Balaban J connectivity index is 2.27. The normalized spacial score (nSPS) is 22.0. The Kier molecular flexibility index (Phi) is 3.78. The van der Waals surface area contributed by atoms with E-state index in [2.05, 4.69) is 15.6 Å². The highest BCUT2D eigenvalue weighted by molar-refractivity contribution is 5.99. The summed E-state index contributed by atoms with van der Waals surface area (Å²) in [6.45, 7) is 5.75. The average molecular weight is 279 g/mol. The average Bonchev–Trinajstić information content (AvgIpc) is 2.76. The molecule has 1 aliphatic heterocycles. The van der Waals surface area contributed by atoms with Crippen LogP contribution in [0.15, 0.2) is 6.20 Å². The summed E-state index contributed by atoms with van der Waals surface area (Å²) in [6, 6.07) is -0.428. The van der Waals surface area contributed by atoms with E-state index in [1.54, 1.807) is 36.7 Å². The van der Waals surface area contributed by atoms with Gasteiger partial charge in [-0.25, -0.2) is 0 Å². The molecule has 1 N–H and O–H groups in total. The minimum absolute atomic E-state index is 0.0822. The summed E-state index contributed by atoms with van der Waals surface area (Å²) in [5.41, 5.74) is -0.184. The summed E-state index contributed by atoms with van der Waals surface area (Å²) in [7, 11) is 1.77. The van der Waals surface area contributed by atoms with Crippen molar-refractivity contribution in [1.29, 1.82) is 0 Å². The first-order chi connectivity index (χ1) is 9.35. The minimum Gasteiger partial charge on any atom is -0.340 e. The third-order valence-corrected chi connectivity index (χ3v) is 3.45. The Morgan fingerprint density at radius 1 is 1.40 bits per heavy atom. The number of piperazine rings is 1. The molecule has 2 heterocycles. The van der Waals surface area contributed by atoms with Crippen molar-refractivity contribution in [3.05, 3.63) is 11.9 Å². The van der Waals surface area contributed by atoms with Crippen LogP contribution in [-0.4, -0.2) is 43.3 Å². The van der Waals surface area contributed by atoms with Gasteiger partial charge in [0.1, 0.15) is 17.3 Å². The highest BCUT2D eigenvalue weighted by Crippen LogP contribution is 2.22. The topological polar surface area (TPSA) is 80.1 Å². The molecule has 110 valence electrons. The third-order valence-electron chi connectivity index (χ3n) is 3.45. The maximum Gasteiger partial charge on any atom is 0.248 e. The van der Waals surface area contributed by atoms with Crippen LogP contribution >= 0.6 is 0 Å². The first-order valence-corrected chi connectivity index (χ1v) is 6.83. The minimum atomic E-state index is -0.871. The second kappa shape index (κ2) is 5.22. The smallest absolute Gasteiger partial charge is 0.248 e. The predicted octanol–water partition coefficient (Wildman–Crippen LogP) is 0.221. The summed E-state index contributed by atoms with van der Waals surface area (Å²) < 4.78 is 1.59. The molecule has 7 nitrogen and oxygen atoms in total. The molecule has 1 saturated heterocycles. The Morgan fingerprint density at radius 3 is 2.65 bits per heavy atom. The van der Waals surface area contributed by atoms with Crippen LogP contribution in [0.4, 0.5) is 0 Å². The highest BCUT2D eigenvalue weighted by atomic mass is 16.2. The molecular formula is C13H21N5O2. The molecule has 0 aromatic carbocycles. The molecule has 0 aliphatic carbocycles. The second-order valence-electron chi connectivity index (χ2n) is 5.74. The number of hydrogen-bond donors (Lipinski definition) is 1. The van der Waals surface area contributed by atoms with E-state index in [1.807, 2.05) is 6.92 Å². The van der Waals surface area contributed by atoms with Crippen LogP contribution in [0.1, 0.15) is 39.3 Å². The highest BCUT2D eigenvalue weighted by Gasteiger charge is 2.44. The number of aromatic nitrogens is 3. The fourth-order valence-electron chi connectivity index (χ4n) is 2.47. The van der Waals surface area contributed by atoms with Gasteiger partial charge in [0.15, 0.2) is 0 Å². The van der Waals surface area contributed by atoms with E-state index >= 15 is 0 Å². The zero-order valence-corrected chi connectivity index (χ0v) is 12.4.